The van der Waals surface area contributed by atoms with Gasteiger partial charge in [0.25, 0.3) is 0 Å². The number of nitrogens with zero attached hydrogens (tertiary/aromatic N) is 2. The number of hydrogen-bond donors (Lipinski definition) is 1. The molecule has 4 unspecified atom stereocenters. The molecular formula is C20H20N3O6+. The summed E-state index contributed by atoms with van der Waals surface area (Å²) in [5.41, 5.74) is 7.68. The summed E-state index contributed by atoms with van der Waals surface area (Å²) in [5.74, 6) is -1.26. The van der Waals surface area contributed by atoms with E-state index in [1.54, 1.807) is 60.7 Å². The molecule has 1 heterocycles. The highest BCUT2D eigenvalue weighted by Crippen LogP contribution is 2.26. The topological polar surface area (TPSA) is 121 Å². The first-order valence-electron chi connectivity index (χ1n) is 8.87. The zero-order valence-corrected chi connectivity index (χ0v) is 15.6. The van der Waals surface area contributed by atoms with Crippen LogP contribution in [0.2, 0.25) is 0 Å². The van der Waals surface area contributed by atoms with E-state index in [4.69, 9.17) is 24.5 Å². The van der Waals surface area contributed by atoms with Crippen molar-refractivity contribution in [1.82, 2.24) is 4.91 Å². The van der Waals surface area contributed by atoms with Gasteiger partial charge < -0.3 is 18.9 Å². The van der Waals surface area contributed by atoms with Crippen LogP contribution in [0.1, 0.15) is 20.7 Å². The Labute approximate surface area is 166 Å². The van der Waals surface area contributed by atoms with Gasteiger partial charge in [0.15, 0.2) is 24.5 Å². The summed E-state index contributed by atoms with van der Waals surface area (Å²) in [4.78, 5) is 28.2. The van der Waals surface area contributed by atoms with Crippen LogP contribution in [0, 0.1) is 5.53 Å². The average Bonchev–Trinajstić information content (AvgIpc) is 2.77. The smallest absolute Gasteiger partial charge is 0.338 e. The highest BCUT2D eigenvalue weighted by atomic mass is 16.7. The number of carbonyl (C=O) groups excluding carboxylic acids is 2. The Morgan fingerprint density at radius 2 is 1.48 bits per heavy atom. The van der Waals surface area contributed by atoms with Gasteiger partial charge in [-0.1, -0.05) is 36.4 Å². The molecule has 1 fully saturated rings. The molecule has 0 spiro atoms. The molecule has 1 aliphatic rings. The van der Waals surface area contributed by atoms with Gasteiger partial charge >= 0.3 is 11.9 Å². The number of benzene rings is 2. The monoisotopic (exact) mass is 398 g/mol. The van der Waals surface area contributed by atoms with E-state index in [2.05, 4.69) is 10.0 Å². The molecule has 2 aromatic rings. The summed E-state index contributed by atoms with van der Waals surface area (Å²) in [6.45, 7) is -0.0208. The molecule has 0 aliphatic carbocycles. The van der Waals surface area contributed by atoms with E-state index in [9.17, 15) is 9.59 Å². The Morgan fingerprint density at radius 3 is 1.97 bits per heavy atom. The largest absolute Gasteiger partial charge is 0.452 e. The predicted octanol–water partition coefficient (Wildman–Crippen LogP) is 2.36. The van der Waals surface area contributed by atoms with Gasteiger partial charge in [-0.25, -0.2) is 9.59 Å². The van der Waals surface area contributed by atoms with E-state index in [1.807, 2.05) is 0 Å². The lowest BCUT2D eigenvalue weighted by Gasteiger charge is -2.37. The van der Waals surface area contributed by atoms with Gasteiger partial charge in [0.05, 0.1) is 17.7 Å². The third-order valence-electron chi connectivity index (χ3n) is 4.35. The first-order valence-corrected chi connectivity index (χ1v) is 8.87. The SMILES string of the molecule is COC1OCC(N=[N+]=N)C(OC(=O)c2ccccc2)C1OC(=O)c1ccccc1. The summed E-state index contributed by atoms with van der Waals surface area (Å²) in [6, 6.07) is 15.9. The molecule has 9 nitrogen and oxygen atoms in total. The maximum absolute atomic E-state index is 12.6. The zero-order chi connectivity index (χ0) is 20.6. The second-order valence-electron chi connectivity index (χ2n) is 6.19. The first kappa shape index (κ1) is 20.3. The van der Waals surface area contributed by atoms with Gasteiger partial charge in [-0.15, -0.1) is 0 Å². The van der Waals surface area contributed by atoms with E-state index >= 15 is 0 Å². The Morgan fingerprint density at radius 1 is 0.966 bits per heavy atom. The third-order valence-corrected chi connectivity index (χ3v) is 4.35. The lowest BCUT2D eigenvalue weighted by Crippen LogP contribution is -2.56. The van der Waals surface area contributed by atoms with Gasteiger partial charge in [0.1, 0.15) is 10.6 Å². The van der Waals surface area contributed by atoms with Crippen LogP contribution in [-0.4, -0.2) is 50.2 Å². The molecule has 0 amide bonds. The number of carbonyl (C=O) groups is 2. The second-order valence-corrected chi connectivity index (χ2v) is 6.19. The fourth-order valence-corrected chi connectivity index (χ4v) is 2.93. The highest BCUT2D eigenvalue weighted by Gasteiger charge is 2.48. The minimum absolute atomic E-state index is 0.0208. The van der Waals surface area contributed by atoms with Gasteiger partial charge in [-0.05, 0) is 24.3 Å². The molecule has 4 atom stereocenters. The molecule has 0 aromatic heterocycles. The Hall–Kier alpha value is -3.39. The Balaban J connectivity index is 1.87. The number of esters is 2. The number of rotatable bonds is 6. The lowest BCUT2D eigenvalue weighted by atomic mass is 10.0. The van der Waals surface area contributed by atoms with Gasteiger partial charge in [-0.2, -0.15) is 0 Å². The van der Waals surface area contributed by atoms with Crippen molar-refractivity contribution in [3.63, 3.8) is 0 Å². The van der Waals surface area contributed by atoms with Crippen molar-refractivity contribution in [2.24, 2.45) is 5.11 Å². The maximum atomic E-state index is 12.6. The van der Waals surface area contributed by atoms with E-state index in [-0.39, 0.29) is 6.61 Å². The summed E-state index contributed by atoms with van der Waals surface area (Å²) >= 11 is 0. The van der Waals surface area contributed by atoms with Gasteiger partial charge in [-0.3, -0.25) is 0 Å². The Kier molecular flexibility index (Phi) is 6.80. The van der Waals surface area contributed by atoms with Crippen molar-refractivity contribution in [2.75, 3.05) is 13.7 Å². The molecule has 0 radical (unpaired) electrons. The number of hydrogen-bond acceptors (Lipinski definition) is 8. The number of ether oxygens (including phenoxy) is 4. The Bertz CT molecular complexity index is 886. The first-order chi connectivity index (χ1) is 14.1. The van der Waals surface area contributed by atoms with E-state index in [1.165, 1.54) is 7.11 Å². The van der Waals surface area contributed by atoms with Gasteiger partial charge in [0.2, 0.25) is 4.91 Å². The molecule has 1 N–H and O–H groups in total. The van der Waals surface area contributed by atoms with Crippen LogP contribution in [0.4, 0.5) is 0 Å². The fraction of sp³-hybridized carbons (Fsp3) is 0.300. The zero-order valence-electron chi connectivity index (χ0n) is 15.6. The molecule has 3 rings (SSSR count). The van der Waals surface area contributed by atoms with Crippen molar-refractivity contribution < 1.29 is 28.5 Å². The molecule has 9 heteroatoms. The number of methoxy groups -OCH3 is 1. The fourth-order valence-electron chi connectivity index (χ4n) is 2.93. The van der Waals surface area contributed by atoms with Gasteiger partial charge in [0, 0.05) is 7.11 Å². The molecule has 2 aromatic carbocycles. The molecule has 29 heavy (non-hydrogen) atoms. The minimum Gasteiger partial charge on any atom is -0.452 e. The van der Waals surface area contributed by atoms with Crippen LogP contribution >= 0.6 is 0 Å². The standard InChI is InChI=1S/C20H20N3O6/c1-26-20-17(29-19(25)14-10-6-3-7-11-14)16(15(12-27-20)22-23-21)28-18(24)13-8-4-2-5-9-13/h2-11,15-17,20-21H,12H2,1H3/q+1. The van der Waals surface area contributed by atoms with Crippen molar-refractivity contribution in [1.29, 1.82) is 5.53 Å². The normalized spacial score (nSPS) is 23.5. The highest BCUT2D eigenvalue weighted by molar-refractivity contribution is 5.90. The second kappa shape index (κ2) is 9.70. The predicted molar refractivity (Wildman–Crippen MR) is 99.1 cm³/mol. The van der Waals surface area contributed by atoms with E-state index in [0.717, 1.165) is 0 Å². The van der Waals surface area contributed by atoms with Crippen LogP contribution < -0.4 is 4.91 Å². The summed E-state index contributed by atoms with van der Waals surface area (Å²) in [7, 11) is 1.39. The average molecular weight is 398 g/mol. The summed E-state index contributed by atoms with van der Waals surface area (Å²) in [5, 5.41) is 3.75. The van der Waals surface area contributed by atoms with Crippen LogP contribution in [0.25, 0.3) is 0 Å². The minimum atomic E-state index is -1.11. The quantitative estimate of drug-likeness (QED) is 0.453. The van der Waals surface area contributed by atoms with Crippen LogP contribution in [0.15, 0.2) is 65.8 Å². The van der Waals surface area contributed by atoms with Crippen molar-refractivity contribution in [3.05, 3.63) is 71.8 Å². The summed E-state index contributed by atoms with van der Waals surface area (Å²) in [6.07, 6.45) is -3.14. The van der Waals surface area contributed by atoms with E-state index in [0.29, 0.717) is 11.1 Å². The number of nitrogens with one attached hydrogen (secondary N) is 1. The summed E-state index contributed by atoms with van der Waals surface area (Å²) < 4.78 is 22.0. The molecule has 1 aliphatic heterocycles. The van der Waals surface area contributed by atoms with Crippen LogP contribution in [-0.2, 0) is 18.9 Å². The van der Waals surface area contributed by atoms with Crippen molar-refractivity contribution in [2.45, 2.75) is 24.5 Å². The van der Waals surface area contributed by atoms with Crippen LogP contribution in [0.3, 0.4) is 0 Å². The van der Waals surface area contributed by atoms with Crippen molar-refractivity contribution >= 4 is 11.9 Å². The van der Waals surface area contributed by atoms with Crippen molar-refractivity contribution in [3.8, 4) is 0 Å². The third kappa shape index (κ3) is 4.91. The molecule has 150 valence electrons. The van der Waals surface area contributed by atoms with Crippen LogP contribution in [0.5, 0.6) is 0 Å². The maximum Gasteiger partial charge on any atom is 0.338 e. The van der Waals surface area contributed by atoms with E-state index < -0.39 is 36.5 Å². The molecular weight excluding hydrogens is 378 g/mol. The molecule has 0 saturated carbocycles. The lowest BCUT2D eigenvalue weighted by molar-refractivity contribution is -0.237. The molecule has 1 saturated heterocycles. The molecule has 0 bridgehead atoms.